The summed E-state index contributed by atoms with van der Waals surface area (Å²) in [5.41, 5.74) is 0.625. The molecule has 0 aliphatic heterocycles. The second kappa shape index (κ2) is 4.47. The van der Waals surface area contributed by atoms with E-state index < -0.39 is 0 Å². The lowest BCUT2D eigenvalue weighted by Crippen LogP contribution is -2.80. The molecule has 0 aliphatic carbocycles. The second-order valence-electron chi connectivity index (χ2n) is 4.12. The summed E-state index contributed by atoms with van der Waals surface area (Å²) in [5, 5.41) is 3.21. The van der Waals surface area contributed by atoms with Gasteiger partial charge in [0, 0.05) is 12.1 Å². The van der Waals surface area contributed by atoms with Crippen LogP contribution in [0.5, 0.6) is 0 Å². The molecule has 1 aromatic heterocycles. The number of halogens is 1. The van der Waals surface area contributed by atoms with Crippen molar-refractivity contribution in [2.24, 2.45) is 7.05 Å². The Bertz CT molecular complexity index is 621. The van der Waals surface area contributed by atoms with Gasteiger partial charge in [0.1, 0.15) is 6.04 Å². The van der Waals surface area contributed by atoms with Crippen LogP contribution in [-0.4, -0.2) is 16.6 Å². The average molecular weight is 253 g/mol. The van der Waals surface area contributed by atoms with E-state index in [0.717, 1.165) is 5.82 Å². The van der Waals surface area contributed by atoms with Crippen molar-refractivity contribution < 1.29 is 5.32 Å². The van der Waals surface area contributed by atoms with E-state index in [1.165, 1.54) is 0 Å². The van der Waals surface area contributed by atoms with Crippen LogP contribution in [-0.2, 0) is 7.05 Å². The maximum atomic E-state index is 12.1. The molecule has 0 aliphatic rings. The van der Waals surface area contributed by atoms with Gasteiger partial charge in [0.25, 0.3) is 5.56 Å². The van der Waals surface area contributed by atoms with Gasteiger partial charge in [-0.3, -0.25) is 9.36 Å². The third-order valence-electron chi connectivity index (χ3n) is 2.98. The van der Waals surface area contributed by atoms with Gasteiger partial charge in [-0.2, -0.15) is 0 Å². The lowest BCUT2D eigenvalue weighted by Gasteiger charge is -2.12. The summed E-state index contributed by atoms with van der Waals surface area (Å²) < 4.78 is 1.60. The Labute approximate surface area is 104 Å². The maximum absolute atomic E-state index is 12.1. The van der Waals surface area contributed by atoms with Gasteiger partial charge in [0.05, 0.1) is 18.0 Å². The average Bonchev–Trinajstić information content (AvgIpc) is 2.32. The molecule has 0 saturated carbocycles. The smallest absolute Gasteiger partial charge is 0.261 e. The number of hydrogen-bond donors (Lipinski definition) is 1. The molecule has 0 spiro atoms. The Morgan fingerprint density at radius 2 is 2.18 bits per heavy atom. The van der Waals surface area contributed by atoms with Crippen LogP contribution in [0.3, 0.4) is 0 Å². The molecule has 1 aromatic carbocycles. The number of nitrogens with zero attached hydrogens (tertiary/aromatic N) is 2. The SMILES string of the molecule is C[NH2+][C@@H](C)c1nc2cc(Cl)ccc2c(=O)n1C. The number of rotatable bonds is 2. The first-order valence-corrected chi connectivity index (χ1v) is 5.88. The van der Waals surface area contributed by atoms with E-state index in [1.807, 2.05) is 19.3 Å². The Hall–Kier alpha value is -1.39. The topological polar surface area (TPSA) is 51.5 Å². The highest BCUT2D eigenvalue weighted by Gasteiger charge is 2.15. The van der Waals surface area contributed by atoms with E-state index in [-0.39, 0.29) is 11.6 Å². The molecule has 2 rings (SSSR count). The minimum atomic E-state index is -0.0321. The van der Waals surface area contributed by atoms with Crippen LogP contribution >= 0.6 is 11.6 Å². The highest BCUT2D eigenvalue weighted by Crippen LogP contribution is 2.16. The van der Waals surface area contributed by atoms with Crippen molar-refractivity contribution in [3.05, 3.63) is 39.4 Å². The second-order valence-corrected chi connectivity index (χ2v) is 4.55. The van der Waals surface area contributed by atoms with E-state index in [1.54, 1.807) is 29.8 Å². The van der Waals surface area contributed by atoms with Crippen molar-refractivity contribution in [2.75, 3.05) is 7.05 Å². The molecule has 90 valence electrons. The molecule has 0 saturated heterocycles. The molecule has 4 nitrogen and oxygen atoms in total. The molecule has 0 radical (unpaired) electrons. The first-order valence-electron chi connectivity index (χ1n) is 5.50. The van der Waals surface area contributed by atoms with Gasteiger partial charge in [-0.25, -0.2) is 4.98 Å². The fourth-order valence-corrected chi connectivity index (χ4v) is 1.98. The number of aromatic nitrogens is 2. The zero-order valence-electron chi connectivity index (χ0n) is 10.1. The molecule has 5 heteroatoms. The largest absolute Gasteiger partial charge is 0.340 e. The molecule has 0 fully saturated rings. The lowest BCUT2D eigenvalue weighted by molar-refractivity contribution is -0.668. The summed E-state index contributed by atoms with van der Waals surface area (Å²) in [6.45, 7) is 2.01. The highest BCUT2D eigenvalue weighted by atomic mass is 35.5. The van der Waals surface area contributed by atoms with E-state index >= 15 is 0 Å². The summed E-state index contributed by atoms with van der Waals surface area (Å²) >= 11 is 5.92. The van der Waals surface area contributed by atoms with Crippen LogP contribution in [0.15, 0.2) is 23.0 Å². The quantitative estimate of drug-likeness (QED) is 0.861. The number of fused-ring (bicyclic) bond motifs is 1. The molecule has 2 aromatic rings. The van der Waals surface area contributed by atoms with Gasteiger partial charge < -0.3 is 5.32 Å². The van der Waals surface area contributed by atoms with Crippen LogP contribution in [0.1, 0.15) is 18.8 Å². The summed E-state index contributed by atoms with van der Waals surface area (Å²) in [6.07, 6.45) is 0. The molecular formula is C12H15ClN3O+. The minimum absolute atomic E-state index is 0.0321. The lowest BCUT2D eigenvalue weighted by atomic mass is 10.2. The van der Waals surface area contributed by atoms with Crippen LogP contribution in [0.4, 0.5) is 0 Å². The number of hydrogen-bond acceptors (Lipinski definition) is 2. The van der Waals surface area contributed by atoms with Crippen molar-refractivity contribution in [3.8, 4) is 0 Å². The predicted molar refractivity (Wildman–Crippen MR) is 68.3 cm³/mol. The Balaban J connectivity index is 2.80. The first-order chi connectivity index (χ1) is 8.04. The minimum Gasteiger partial charge on any atom is -0.340 e. The maximum Gasteiger partial charge on any atom is 0.261 e. The highest BCUT2D eigenvalue weighted by molar-refractivity contribution is 6.31. The summed E-state index contributed by atoms with van der Waals surface area (Å²) in [5.74, 6) is 0.757. The molecule has 1 atom stereocenters. The van der Waals surface area contributed by atoms with E-state index in [9.17, 15) is 4.79 Å². The summed E-state index contributed by atoms with van der Waals surface area (Å²) in [7, 11) is 3.71. The summed E-state index contributed by atoms with van der Waals surface area (Å²) in [4.78, 5) is 16.7. The molecule has 0 unspecified atom stereocenters. The van der Waals surface area contributed by atoms with Gasteiger partial charge in [-0.1, -0.05) is 11.6 Å². The van der Waals surface area contributed by atoms with E-state index in [4.69, 9.17) is 11.6 Å². The van der Waals surface area contributed by atoms with E-state index in [2.05, 4.69) is 4.98 Å². The molecule has 0 amide bonds. The van der Waals surface area contributed by atoms with Gasteiger partial charge in [0.2, 0.25) is 0 Å². The van der Waals surface area contributed by atoms with Crippen molar-refractivity contribution in [1.29, 1.82) is 0 Å². The van der Waals surface area contributed by atoms with Crippen molar-refractivity contribution in [2.45, 2.75) is 13.0 Å². The Morgan fingerprint density at radius 1 is 1.47 bits per heavy atom. The van der Waals surface area contributed by atoms with Gasteiger partial charge in [0.15, 0.2) is 5.82 Å². The number of nitrogens with two attached hydrogens (primary N) is 1. The standard InChI is InChI=1S/C12H14ClN3O/c1-7(14-2)11-15-10-6-8(13)4-5-9(10)12(17)16(11)3/h4-7,14H,1-3H3/p+1/t7-/m0/s1. The molecular weight excluding hydrogens is 238 g/mol. The van der Waals surface area contributed by atoms with Crippen LogP contribution in [0.2, 0.25) is 5.02 Å². The van der Waals surface area contributed by atoms with E-state index in [0.29, 0.717) is 15.9 Å². The predicted octanol–water partition coefficient (Wildman–Crippen LogP) is 0.841. The van der Waals surface area contributed by atoms with Crippen molar-refractivity contribution in [3.63, 3.8) is 0 Å². The van der Waals surface area contributed by atoms with Crippen LogP contribution < -0.4 is 10.9 Å². The Kier molecular flexibility index (Phi) is 3.17. The first kappa shape index (κ1) is 12.1. The van der Waals surface area contributed by atoms with Gasteiger partial charge in [-0.05, 0) is 25.1 Å². The molecule has 0 bridgehead atoms. The van der Waals surface area contributed by atoms with Crippen LogP contribution in [0.25, 0.3) is 10.9 Å². The number of quaternary nitrogens is 1. The Morgan fingerprint density at radius 3 is 2.82 bits per heavy atom. The van der Waals surface area contributed by atoms with Gasteiger partial charge in [-0.15, -0.1) is 0 Å². The third kappa shape index (κ3) is 2.06. The molecule has 17 heavy (non-hydrogen) atoms. The molecule has 1 heterocycles. The zero-order chi connectivity index (χ0) is 12.6. The van der Waals surface area contributed by atoms with Crippen molar-refractivity contribution >= 4 is 22.5 Å². The number of benzene rings is 1. The monoisotopic (exact) mass is 252 g/mol. The zero-order valence-corrected chi connectivity index (χ0v) is 10.8. The summed E-state index contributed by atoms with van der Waals surface area (Å²) in [6, 6.07) is 5.29. The normalized spacial score (nSPS) is 12.9. The fraction of sp³-hybridized carbons (Fsp3) is 0.333. The third-order valence-corrected chi connectivity index (χ3v) is 3.22. The van der Waals surface area contributed by atoms with Gasteiger partial charge >= 0.3 is 0 Å². The van der Waals surface area contributed by atoms with Crippen LogP contribution in [0, 0.1) is 0 Å². The van der Waals surface area contributed by atoms with Crippen molar-refractivity contribution in [1.82, 2.24) is 9.55 Å². The molecule has 2 N–H and O–H groups in total. The fourth-order valence-electron chi connectivity index (χ4n) is 1.82.